The zero-order valence-electron chi connectivity index (χ0n) is 11.9. The molecule has 1 aromatic rings. The smallest absolute Gasteiger partial charge is 0.161 e. The standard InChI is InChI=1S/C15H21NO3/c1-11(2)10-19-14-9-12(5-6-13(14)18-4)15(3,17)7-8-16/h5-6,9,11,17H,7,10H2,1-4H3. The van der Waals surface area contributed by atoms with Crippen LogP contribution in [0.4, 0.5) is 0 Å². The molecule has 1 unspecified atom stereocenters. The van der Waals surface area contributed by atoms with Crippen LogP contribution in [-0.4, -0.2) is 18.8 Å². The molecule has 0 saturated carbocycles. The molecule has 1 N–H and O–H groups in total. The van der Waals surface area contributed by atoms with E-state index in [0.717, 1.165) is 0 Å². The van der Waals surface area contributed by atoms with Crippen molar-refractivity contribution in [2.75, 3.05) is 13.7 Å². The molecule has 0 heterocycles. The molecule has 4 nitrogen and oxygen atoms in total. The van der Waals surface area contributed by atoms with Gasteiger partial charge in [-0.2, -0.15) is 5.26 Å². The molecule has 0 saturated heterocycles. The summed E-state index contributed by atoms with van der Waals surface area (Å²) in [5, 5.41) is 19.0. The lowest BCUT2D eigenvalue weighted by Gasteiger charge is -2.22. The highest BCUT2D eigenvalue weighted by molar-refractivity contribution is 5.44. The molecule has 1 aromatic carbocycles. The van der Waals surface area contributed by atoms with Gasteiger partial charge in [-0.05, 0) is 30.5 Å². The van der Waals surface area contributed by atoms with Gasteiger partial charge in [0.15, 0.2) is 11.5 Å². The first-order valence-electron chi connectivity index (χ1n) is 6.31. The second-order valence-corrected chi connectivity index (χ2v) is 5.18. The number of hydrogen-bond donors (Lipinski definition) is 1. The van der Waals surface area contributed by atoms with E-state index in [2.05, 4.69) is 13.8 Å². The average Bonchev–Trinajstić information content (AvgIpc) is 2.35. The van der Waals surface area contributed by atoms with Crippen LogP contribution in [0.15, 0.2) is 18.2 Å². The van der Waals surface area contributed by atoms with Crippen molar-refractivity contribution >= 4 is 0 Å². The van der Waals surface area contributed by atoms with Crippen LogP contribution in [0.2, 0.25) is 0 Å². The fourth-order valence-electron chi connectivity index (χ4n) is 1.64. The third-order valence-electron chi connectivity index (χ3n) is 2.78. The maximum Gasteiger partial charge on any atom is 0.161 e. The van der Waals surface area contributed by atoms with Gasteiger partial charge in [0.1, 0.15) is 0 Å². The van der Waals surface area contributed by atoms with Crippen LogP contribution in [0, 0.1) is 17.2 Å². The highest BCUT2D eigenvalue weighted by Crippen LogP contribution is 2.33. The zero-order valence-corrected chi connectivity index (χ0v) is 11.9. The third-order valence-corrected chi connectivity index (χ3v) is 2.78. The number of benzene rings is 1. The van der Waals surface area contributed by atoms with Crippen LogP contribution in [0.3, 0.4) is 0 Å². The monoisotopic (exact) mass is 263 g/mol. The summed E-state index contributed by atoms with van der Waals surface area (Å²) in [5.74, 6) is 1.61. The third kappa shape index (κ3) is 4.15. The van der Waals surface area contributed by atoms with Crippen molar-refractivity contribution in [3.8, 4) is 17.6 Å². The number of rotatable bonds is 6. The van der Waals surface area contributed by atoms with Gasteiger partial charge in [-0.25, -0.2) is 0 Å². The maximum atomic E-state index is 10.2. The minimum absolute atomic E-state index is 0.0307. The molecule has 4 heteroatoms. The molecular formula is C15H21NO3. The largest absolute Gasteiger partial charge is 0.493 e. The van der Waals surface area contributed by atoms with E-state index in [1.807, 2.05) is 6.07 Å². The van der Waals surface area contributed by atoms with Gasteiger partial charge < -0.3 is 14.6 Å². The van der Waals surface area contributed by atoms with Gasteiger partial charge in [-0.1, -0.05) is 19.9 Å². The van der Waals surface area contributed by atoms with Gasteiger partial charge in [0.25, 0.3) is 0 Å². The number of methoxy groups -OCH3 is 1. The summed E-state index contributed by atoms with van der Waals surface area (Å²) in [7, 11) is 1.57. The van der Waals surface area contributed by atoms with Crippen molar-refractivity contribution in [1.82, 2.24) is 0 Å². The van der Waals surface area contributed by atoms with E-state index in [0.29, 0.717) is 29.6 Å². The van der Waals surface area contributed by atoms with Crippen molar-refractivity contribution in [2.45, 2.75) is 32.8 Å². The minimum Gasteiger partial charge on any atom is -0.493 e. The Bertz CT molecular complexity index is 461. The summed E-state index contributed by atoms with van der Waals surface area (Å²) >= 11 is 0. The summed E-state index contributed by atoms with van der Waals surface area (Å²) in [6, 6.07) is 7.21. The Morgan fingerprint density at radius 3 is 2.58 bits per heavy atom. The molecule has 0 aliphatic rings. The van der Waals surface area contributed by atoms with Crippen molar-refractivity contribution < 1.29 is 14.6 Å². The number of hydrogen-bond acceptors (Lipinski definition) is 4. The van der Waals surface area contributed by atoms with Crippen molar-refractivity contribution in [1.29, 1.82) is 5.26 Å². The first-order chi connectivity index (χ1) is 8.90. The zero-order chi connectivity index (χ0) is 14.5. The van der Waals surface area contributed by atoms with E-state index in [1.54, 1.807) is 32.2 Å². The quantitative estimate of drug-likeness (QED) is 0.857. The molecule has 19 heavy (non-hydrogen) atoms. The predicted molar refractivity (Wildman–Crippen MR) is 73.1 cm³/mol. The lowest BCUT2D eigenvalue weighted by Crippen LogP contribution is -2.20. The van der Waals surface area contributed by atoms with E-state index in [9.17, 15) is 5.11 Å². The summed E-state index contributed by atoms with van der Waals surface area (Å²) in [6.45, 7) is 6.30. The predicted octanol–water partition coefficient (Wildman–Crippen LogP) is 2.85. The summed E-state index contributed by atoms with van der Waals surface area (Å²) in [5.41, 5.74) is -0.537. The molecule has 0 aliphatic carbocycles. The van der Waals surface area contributed by atoms with Gasteiger partial charge in [0, 0.05) is 0 Å². The SMILES string of the molecule is COc1ccc(C(C)(O)CC#N)cc1OCC(C)C. The summed E-state index contributed by atoms with van der Waals surface area (Å²) in [6.07, 6.45) is 0.0307. The second kappa shape index (κ2) is 6.44. The van der Waals surface area contributed by atoms with Crippen LogP contribution in [0.1, 0.15) is 32.8 Å². The van der Waals surface area contributed by atoms with Gasteiger partial charge >= 0.3 is 0 Å². The number of aliphatic hydroxyl groups is 1. The Hall–Kier alpha value is -1.73. The molecule has 1 atom stereocenters. The van der Waals surface area contributed by atoms with Crippen molar-refractivity contribution in [3.05, 3.63) is 23.8 Å². The fraction of sp³-hybridized carbons (Fsp3) is 0.533. The summed E-state index contributed by atoms with van der Waals surface area (Å²) in [4.78, 5) is 0. The Labute approximate surface area is 114 Å². The van der Waals surface area contributed by atoms with E-state index < -0.39 is 5.60 Å². The topological polar surface area (TPSA) is 62.5 Å². The molecule has 0 fully saturated rings. The molecule has 1 rings (SSSR count). The molecule has 0 amide bonds. The van der Waals surface area contributed by atoms with Crippen LogP contribution >= 0.6 is 0 Å². The van der Waals surface area contributed by atoms with Gasteiger partial charge in [-0.3, -0.25) is 0 Å². The van der Waals surface area contributed by atoms with E-state index in [1.165, 1.54) is 0 Å². The average molecular weight is 263 g/mol. The Balaban J connectivity index is 3.04. The van der Waals surface area contributed by atoms with Crippen molar-refractivity contribution in [3.63, 3.8) is 0 Å². The lowest BCUT2D eigenvalue weighted by atomic mass is 9.93. The Kier molecular flexibility index (Phi) is 5.20. The first kappa shape index (κ1) is 15.3. The van der Waals surface area contributed by atoms with E-state index >= 15 is 0 Å². The number of nitrogens with zero attached hydrogens (tertiary/aromatic N) is 1. The fourth-order valence-corrected chi connectivity index (χ4v) is 1.64. The second-order valence-electron chi connectivity index (χ2n) is 5.18. The van der Waals surface area contributed by atoms with Gasteiger partial charge in [0.2, 0.25) is 0 Å². The van der Waals surface area contributed by atoms with E-state index in [4.69, 9.17) is 14.7 Å². The molecule has 104 valence electrons. The van der Waals surface area contributed by atoms with Crippen LogP contribution in [0.25, 0.3) is 0 Å². The minimum atomic E-state index is -1.18. The molecule has 0 aliphatic heterocycles. The van der Waals surface area contributed by atoms with E-state index in [-0.39, 0.29) is 6.42 Å². The van der Waals surface area contributed by atoms with Gasteiger partial charge in [0.05, 0.1) is 31.8 Å². The van der Waals surface area contributed by atoms with Crippen LogP contribution < -0.4 is 9.47 Å². The Morgan fingerprint density at radius 2 is 2.05 bits per heavy atom. The van der Waals surface area contributed by atoms with Crippen molar-refractivity contribution in [2.24, 2.45) is 5.92 Å². The number of ether oxygens (including phenoxy) is 2. The molecule has 0 spiro atoms. The molecule has 0 aromatic heterocycles. The number of nitriles is 1. The summed E-state index contributed by atoms with van der Waals surface area (Å²) < 4.78 is 10.9. The van der Waals surface area contributed by atoms with Crippen LogP contribution in [0.5, 0.6) is 11.5 Å². The lowest BCUT2D eigenvalue weighted by molar-refractivity contribution is 0.0620. The normalized spacial score (nSPS) is 13.7. The highest BCUT2D eigenvalue weighted by Gasteiger charge is 2.24. The molecule has 0 bridgehead atoms. The maximum absolute atomic E-state index is 10.2. The molecule has 0 radical (unpaired) electrons. The van der Waals surface area contributed by atoms with Crippen LogP contribution in [-0.2, 0) is 5.60 Å². The highest BCUT2D eigenvalue weighted by atomic mass is 16.5. The molecular weight excluding hydrogens is 242 g/mol. The Morgan fingerprint density at radius 1 is 1.37 bits per heavy atom. The first-order valence-corrected chi connectivity index (χ1v) is 6.31. The van der Waals surface area contributed by atoms with Gasteiger partial charge in [-0.15, -0.1) is 0 Å².